The van der Waals surface area contributed by atoms with E-state index in [0.717, 1.165) is 5.82 Å². The maximum atomic E-state index is 12.2. The molecule has 0 saturated heterocycles. The fourth-order valence-corrected chi connectivity index (χ4v) is 4.05. The zero-order valence-corrected chi connectivity index (χ0v) is 17.0. The number of rotatable bonds is 7. The van der Waals surface area contributed by atoms with Gasteiger partial charge in [-0.2, -0.15) is 0 Å². The van der Waals surface area contributed by atoms with Gasteiger partial charge in [-0.25, -0.2) is 0 Å². The number of benzene rings is 1. The Morgan fingerprint density at radius 2 is 2.08 bits per heavy atom. The minimum Gasteiger partial charge on any atom is -0.323 e. The van der Waals surface area contributed by atoms with Crippen molar-refractivity contribution in [3.8, 4) is 0 Å². The van der Waals surface area contributed by atoms with Gasteiger partial charge in [-0.3, -0.25) is 14.9 Å². The van der Waals surface area contributed by atoms with Gasteiger partial charge in [0.25, 0.3) is 5.69 Å². The summed E-state index contributed by atoms with van der Waals surface area (Å²) in [7, 11) is 0. The van der Waals surface area contributed by atoms with Crippen LogP contribution in [0.25, 0.3) is 0 Å². The molecule has 1 aromatic heterocycles. The molecule has 0 unspecified atom stereocenters. The van der Waals surface area contributed by atoms with Crippen LogP contribution in [0.15, 0.2) is 38.9 Å². The molecule has 2 rings (SSSR count). The van der Waals surface area contributed by atoms with E-state index in [1.54, 1.807) is 6.08 Å². The molecule has 0 aliphatic heterocycles. The van der Waals surface area contributed by atoms with Gasteiger partial charge in [-0.1, -0.05) is 17.8 Å². The van der Waals surface area contributed by atoms with Crippen LogP contribution >= 0.6 is 43.6 Å². The monoisotopic (exact) mass is 489 g/mol. The van der Waals surface area contributed by atoms with Gasteiger partial charge in [0, 0.05) is 27.6 Å². The van der Waals surface area contributed by atoms with Crippen molar-refractivity contribution in [3.05, 3.63) is 49.7 Å². The Morgan fingerprint density at radius 3 is 2.64 bits per heavy atom. The van der Waals surface area contributed by atoms with E-state index < -0.39 is 4.92 Å². The molecule has 0 aliphatic carbocycles. The summed E-state index contributed by atoms with van der Waals surface area (Å²) in [5.41, 5.74) is 0.346. The van der Waals surface area contributed by atoms with Crippen LogP contribution in [0.5, 0.6) is 0 Å². The van der Waals surface area contributed by atoms with Crippen LogP contribution < -0.4 is 5.32 Å². The number of amides is 1. The number of aromatic nitrogens is 3. The maximum absolute atomic E-state index is 12.2. The highest BCUT2D eigenvalue weighted by Gasteiger charge is 2.17. The molecule has 1 aromatic carbocycles. The van der Waals surface area contributed by atoms with E-state index in [0.29, 0.717) is 26.3 Å². The summed E-state index contributed by atoms with van der Waals surface area (Å²) in [6.07, 6.45) is 1.73. The summed E-state index contributed by atoms with van der Waals surface area (Å²) < 4.78 is 2.68. The second-order valence-electron chi connectivity index (χ2n) is 4.81. The molecular weight excluding hydrogens is 478 g/mol. The summed E-state index contributed by atoms with van der Waals surface area (Å²) in [5.74, 6) is 0.584. The molecule has 0 fully saturated rings. The van der Waals surface area contributed by atoms with Crippen molar-refractivity contribution in [1.29, 1.82) is 0 Å². The Hall–Kier alpha value is -1.72. The highest BCUT2D eigenvalue weighted by atomic mass is 79.9. The Labute approximate surface area is 164 Å². The molecule has 11 heteroatoms. The lowest BCUT2D eigenvalue weighted by atomic mass is 10.3. The van der Waals surface area contributed by atoms with Crippen molar-refractivity contribution < 1.29 is 9.72 Å². The van der Waals surface area contributed by atoms with Gasteiger partial charge in [-0.15, -0.1) is 16.8 Å². The number of thioether (sulfide) groups is 1. The molecule has 25 heavy (non-hydrogen) atoms. The average molecular weight is 491 g/mol. The Bertz CT molecular complexity index is 817. The number of allylic oxidation sites excluding steroid dienone is 1. The predicted molar refractivity (Wildman–Crippen MR) is 103 cm³/mol. The van der Waals surface area contributed by atoms with Gasteiger partial charge < -0.3 is 9.88 Å². The molecule has 2 aromatic rings. The van der Waals surface area contributed by atoms with E-state index in [1.165, 1.54) is 23.9 Å². The van der Waals surface area contributed by atoms with E-state index in [4.69, 9.17) is 0 Å². The topological polar surface area (TPSA) is 103 Å². The maximum Gasteiger partial charge on any atom is 0.271 e. The minimum atomic E-state index is -0.508. The Kier molecular flexibility index (Phi) is 6.73. The number of nitro benzene ring substituents is 1. The molecule has 0 spiro atoms. The van der Waals surface area contributed by atoms with Crippen LogP contribution in [0.3, 0.4) is 0 Å². The first-order chi connectivity index (χ1) is 11.8. The Morgan fingerprint density at radius 1 is 1.44 bits per heavy atom. The molecule has 0 aliphatic rings. The fraction of sp³-hybridized carbons (Fsp3) is 0.214. The smallest absolute Gasteiger partial charge is 0.271 e. The number of hydrogen-bond acceptors (Lipinski definition) is 6. The molecule has 1 N–H and O–H groups in total. The molecular formula is C14H13Br2N5O3S. The largest absolute Gasteiger partial charge is 0.323 e. The highest BCUT2D eigenvalue weighted by molar-refractivity contribution is 9.11. The van der Waals surface area contributed by atoms with Crippen LogP contribution in [0, 0.1) is 17.0 Å². The summed E-state index contributed by atoms with van der Waals surface area (Å²) in [5, 5.41) is 22.2. The number of nitro groups is 1. The van der Waals surface area contributed by atoms with Crippen molar-refractivity contribution in [3.63, 3.8) is 0 Å². The van der Waals surface area contributed by atoms with Crippen LogP contribution in [0.2, 0.25) is 0 Å². The van der Waals surface area contributed by atoms with Gasteiger partial charge in [-0.05, 0) is 38.8 Å². The van der Waals surface area contributed by atoms with Crippen LogP contribution in [0.1, 0.15) is 5.82 Å². The number of carbonyl (C=O) groups excluding carboxylic acids is 1. The highest BCUT2D eigenvalue weighted by Crippen LogP contribution is 2.35. The number of anilines is 1. The number of aryl methyl sites for hydroxylation is 1. The van der Waals surface area contributed by atoms with E-state index in [-0.39, 0.29) is 17.3 Å². The van der Waals surface area contributed by atoms with Gasteiger partial charge in [0.2, 0.25) is 5.91 Å². The number of carbonyl (C=O) groups is 1. The second kappa shape index (κ2) is 8.59. The molecule has 1 amide bonds. The average Bonchev–Trinajstić information content (AvgIpc) is 2.89. The number of halogens is 2. The van der Waals surface area contributed by atoms with Crippen molar-refractivity contribution in [1.82, 2.24) is 14.8 Å². The lowest BCUT2D eigenvalue weighted by Crippen LogP contribution is -2.15. The predicted octanol–water partition coefficient (Wildman–Crippen LogP) is 3.94. The van der Waals surface area contributed by atoms with E-state index >= 15 is 0 Å². The normalized spacial score (nSPS) is 10.5. The first kappa shape index (κ1) is 19.6. The third kappa shape index (κ3) is 4.89. The van der Waals surface area contributed by atoms with Crippen molar-refractivity contribution in [2.75, 3.05) is 11.1 Å². The van der Waals surface area contributed by atoms with Crippen LogP contribution in [-0.2, 0) is 11.3 Å². The second-order valence-corrected chi connectivity index (χ2v) is 7.46. The SMILES string of the molecule is C=CCn1c(C)nnc1SCC(=O)Nc1c(Br)cc([N+](=O)[O-])cc1Br. The van der Waals surface area contributed by atoms with Gasteiger partial charge >= 0.3 is 0 Å². The molecule has 132 valence electrons. The van der Waals surface area contributed by atoms with Crippen molar-refractivity contribution in [2.24, 2.45) is 0 Å². The Balaban J connectivity index is 2.06. The fourth-order valence-electron chi connectivity index (χ4n) is 1.90. The van der Waals surface area contributed by atoms with Crippen molar-refractivity contribution in [2.45, 2.75) is 18.6 Å². The zero-order valence-electron chi connectivity index (χ0n) is 13.0. The third-order valence-corrected chi connectivity index (χ3v) is 5.27. The molecule has 0 bridgehead atoms. The lowest BCUT2D eigenvalue weighted by molar-refractivity contribution is -0.385. The van der Waals surface area contributed by atoms with E-state index in [2.05, 4.69) is 54.0 Å². The lowest BCUT2D eigenvalue weighted by Gasteiger charge is -2.10. The van der Waals surface area contributed by atoms with Crippen LogP contribution in [0.4, 0.5) is 11.4 Å². The van der Waals surface area contributed by atoms with E-state index in [9.17, 15) is 14.9 Å². The molecule has 8 nitrogen and oxygen atoms in total. The summed E-state index contributed by atoms with van der Waals surface area (Å²) in [4.78, 5) is 22.5. The number of nitrogens with one attached hydrogen (secondary N) is 1. The molecule has 1 heterocycles. The molecule has 0 radical (unpaired) electrons. The van der Waals surface area contributed by atoms with Gasteiger partial charge in [0.1, 0.15) is 5.82 Å². The first-order valence-corrected chi connectivity index (χ1v) is 9.47. The number of non-ortho nitro benzene ring substituents is 1. The number of nitrogens with zero attached hydrogens (tertiary/aromatic N) is 4. The van der Waals surface area contributed by atoms with E-state index in [1.807, 2.05) is 11.5 Å². The summed E-state index contributed by atoms with van der Waals surface area (Å²) in [6.45, 7) is 6.07. The zero-order chi connectivity index (χ0) is 18.6. The van der Waals surface area contributed by atoms with Gasteiger partial charge in [0.05, 0.1) is 16.4 Å². The molecule has 0 saturated carbocycles. The summed E-state index contributed by atoms with van der Waals surface area (Å²) in [6, 6.07) is 2.66. The van der Waals surface area contributed by atoms with Crippen LogP contribution in [-0.4, -0.2) is 31.3 Å². The summed E-state index contributed by atoms with van der Waals surface area (Å²) >= 11 is 7.71. The molecule has 0 atom stereocenters. The van der Waals surface area contributed by atoms with Crippen molar-refractivity contribution >= 4 is 60.9 Å². The van der Waals surface area contributed by atoms with Gasteiger partial charge in [0.15, 0.2) is 5.16 Å². The minimum absolute atomic E-state index is 0.0841. The third-order valence-electron chi connectivity index (χ3n) is 3.05. The number of hydrogen-bond donors (Lipinski definition) is 1. The quantitative estimate of drug-likeness (QED) is 0.273. The standard InChI is InChI=1S/C14H13Br2N5O3S/c1-3-4-20-8(2)18-19-14(20)25-7-12(22)17-13-10(15)5-9(21(23)24)6-11(13)16/h3,5-6H,1,4,7H2,2H3,(H,17,22). The first-order valence-electron chi connectivity index (χ1n) is 6.90.